The number of carbonyl (C=O) groups excluding carboxylic acids is 1. The maximum atomic E-state index is 10.6. The Morgan fingerprint density at radius 3 is 3.31 bits per heavy atom. The van der Waals surface area contributed by atoms with Gasteiger partial charge in [-0.3, -0.25) is 4.79 Å². The first-order chi connectivity index (χ1) is 6.40. The van der Waals surface area contributed by atoms with Gasteiger partial charge in [-0.1, -0.05) is 0 Å². The Labute approximate surface area is 77.3 Å². The maximum absolute atomic E-state index is 10.6. The lowest BCUT2D eigenvalue weighted by Crippen LogP contribution is -2.15. The summed E-state index contributed by atoms with van der Waals surface area (Å²) < 4.78 is 7.44. The first kappa shape index (κ1) is 8.51. The molecule has 1 aromatic heterocycles. The molecule has 0 aliphatic carbocycles. The van der Waals surface area contributed by atoms with Crippen LogP contribution in [0, 0.1) is 0 Å². The van der Waals surface area contributed by atoms with E-state index in [2.05, 4.69) is 0 Å². The summed E-state index contributed by atoms with van der Waals surface area (Å²) >= 11 is 0. The monoisotopic (exact) mass is 179 g/mol. The van der Waals surface area contributed by atoms with Gasteiger partial charge in [0.15, 0.2) is 6.29 Å². The molecule has 1 saturated heterocycles. The summed E-state index contributed by atoms with van der Waals surface area (Å²) in [6, 6.07) is 3.71. The molecular formula is C10H13NO2. The topological polar surface area (TPSA) is 31.2 Å². The van der Waals surface area contributed by atoms with E-state index in [0.717, 1.165) is 38.0 Å². The lowest BCUT2D eigenvalue weighted by atomic mass is 10.2. The molecule has 3 nitrogen and oxygen atoms in total. The molecule has 0 unspecified atom stereocenters. The maximum Gasteiger partial charge on any atom is 0.166 e. The molecule has 0 spiro atoms. The Morgan fingerprint density at radius 2 is 2.62 bits per heavy atom. The van der Waals surface area contributed by atoms with Gasteiger partial charge in [-0.05, 0) is 25.0 Å². The van der Waals surface area contributed by atoms with Crippen LogP contribution in [-0.4, -0.2) is 23.6 Å². The van der Waals surface area contributed by atoms with Gasteiger partial charge in [0.05, 0.1) is 11.8 Å². The van der Waals surface area contributed by atoms with E-state index in [1.807, 2.05) is 22.9 Å². The lowest BCUT2D eigenvalue weighted by molar-refractivity contribution is 0.0953. The smallest absolute Gasteiger partial charge is 0.166 e. The number of rotatable bonds is 3. The Morgan fingerprint density at radius 1 is 1.69 bits per heavy atom. The van der Waals surface area contributed by atoms with Gasteiger partial charge < -0.3 is 9.30 Å². The van der Waals surface area contributed by atoms with E-state index in [-0.39, 0.29) is 0 Å². The van der Waals surface area contributed by atoms with Gasteiger partial charge in [-0.15, -0.1) is 0 Å². The van der Waals surface area contributed by atoms with E-state index in [4.69, 9.17) is 4.74 Å². The molecule has 0 aromatic carbocycles. The highest BCUT2D eigenvalue weighted by Gasteiger charge is 2.16. The normalized spacial score (nSPS) is 22.0. The predicted octanol–water partition coefficient (Wildman–Crippen LogP) is 1.48. The minimum Gasteiger partial charge on any atom is -0.376 e. The molecule has 1 aliphatic rings. The molecule has 1 aliphatic heterocycles. The van der Waals surface area contributed by atoms with Crippen molar-refractivity contribution in [1.82, 2.24) is 4.57 Å². The Bertz CT molecular complexity index is 287. The van der Waals surface area contributed by atoms with Crippen molar-refractivity contribution in [2.24, 2.45) is 0 Å². The molecule has 2 heterocycles. The highest BCUT2D eigenvalue weighted by molar-refractivity contribution is 5.72. The first-order valence-electron chi connectivity index (χ1n) is 4.62. The Kier molecular flexibility index (Phi) is 2.45. The van der Waals surface area contributed by atoms with Crippen LogP contribution in [0.1, 0.15) is 23.3 Å². The average molecular weight is 179 g/mol. The summed E-state index contributed by atoms with van der Waals surface area (Å²) in [6.45, 7) is 1.67. The second-order valence-corrected chi connectivity index (χ2v) is 3.34. The molecule has 1 atom stereocenters. The minimum atomic E-state index is 0.297. The van der Waals surface area contributed by atoms with Crippen LogP contribution in [0.25, 0.3) is 0 Å². The van der Waals surface area contributed by atoms with Crippen molar-refractivity contribution >= 4 is 6.29 Å². The predicted molar refractivity (Wildman–Crippen MR) is 48.8 cm³/mol. The molecule has 0 bridgehead atoms. The van der Waals surface area contributed by atoms with Gasteiger partial charge in [-0.2, -0.15) is 0 Å². The average Bonchev–Trinajstić information content (AvgIpc) is 2.76. The van der Waals surface area contributed by atoms with Gasteiger partial charge in [0, 0.05) is 19.3 Å². The molecule has 0 amide bonds. The van der Waals surface area contributed by atoms with Crippen molar-refractivity contribution in [3.8, 4) is 0 Å². The fourth-order valence-corrected chi connectivity index (χ4v) is 1.71. The molecular weight excluding hydrogens is 166 g/mol. The third-order valence-corrected chi connectivity index (χ3v) is 2.41. The van der Waals surface area contributed by atoms with Crippen molar-refractivity contribution in [1.29, 1.82) is 0 Å². The van der Waals surface area contributed by atoms with E-state index in [1.165, 1.54) is 0 Å². The van der Waals surface area contributed by atoms with Crippen molar-refractivity contribution in [2.75, 3.05) is 6.61 Å². The van der Waals surface area contributed by atoms with Crippen LogP contribution in [-0.2, 0) is 11.3 Å². The first-order valence-corrected chi connectivity index (χ1v) is 4.62. The highest BCUT2D eigenvalue weighted by atomic mass is 16.5. The SMILES string of the molecule is O=Cc1cccn1C[C@H]1CCCO1. The van der Waals surface area contributed by atoms with Crippen LogP contribution in [0.5, 0.6) is 0 Å². The molecule has 70 valence electrons. The highest BCUT2D eigenvalue weighted by Crippen LogP contribution is 2.14. The van der Waals surface area contributed by atoms with E-state index < -0.39 is 0 Å². The largest absolute Gasteiger partial charge is 0.376 e. The van der Waals surface area contributed by atoms with E-state index >= 15 is 0 Å². The summed E-state index contributed by atoms with van der Waals surface area (Å²) in [5.74, 6) is 0. The van der Waals surface area contributed by atoms with Crippen molar-refractivity contribution in [3.05, 3.63) is 24.0 Å². The van der Waals surface area contributed by atoms with Gasteiger partial charge in [0.1, 0.15) is 0 Å². The van der Waals surface area contributed by atoms with Crippen molar-refractivity contribution < 1.29 is 9.53 Å². The summed E-state index contributed by atoms with van der Waals surface area (Å²) in [6.07, 6.45) is 5.35. The third kappa shape index (κ3) is 1.80. The van der Waals surface area contributed by atoms with Crippen LogP contribution < -0.4 is 0 Å². The van der Waals surface area contributed by atoms with Crippen LogP contribution in [0.2, 0.25) is 0 Å². The van der Waals surface area contributed by atoms with Crippen LogP contribution >= 0.6 is 0 Å². The van der Waals surface area contributed by atoms with Gasteiger partial charge in [-0.25, -0.2) is 0 Å². The number of nitrogens with zero attached hydrogens (tertiary/aromatic N) is 1. The van der Waals surface area contributed by atoms with Crippen molar-refractivity contribution in [2.45, 2.75) is 25.5 Å². The van der Waals surface area contributed by atoms with E-state index in [0.29, 0.717) is 6.10 Å². The number of hydrogen-bond acceptors (Lipinski definition) is 2. The zero-order chi connectivity index (χ0) is 9.10. The quantitative estimate of drug-likeness (QED) is 0.658. The van der Waals surface area contributed by atoms with Gasteiger partial charge in [0.2, 0.25) is 0 Å². The number of hydrogen-bond donors (Lipinski definition) is 0. The van der Waals surface area contributed by atoms with Crippen LogP contribution in [0.3, 0.4) is 0 Å². The molecule has 13 heavy (non-hydrogen) atoms. The Balaban J connectivity index is 2.03. The van der Waals surface area contributed by atoms with Crippen LogP contribution in [0.15, 0.2) is 18.3 Å². The molecule has 3 heteroatoms. The number of carbonyl (C=O) groups is 1. The molecule has 2 rings (SSSR count). The van der Waals surface area contributed by atoms with Crippen LogP contribution in [0.4, 0.5) is 0 Å². The molecule has 1 aromatic rings. The van der Waals surface area contributed by atoms with E-state index in [1.54, 1.807) is 0 Å². The molecule has 1 fully saturated rings. The summed E-state index contributed by atoms with van der Waals surface area (Å²) in [5, 5.41) is 0. The lowest BCUT2D eigenvalue weighted by Gasteiger charge is -2.11. The standard InChI is InChI=1S/C10H13NO2/c12-8-9-3-1-5-11(9)7-10-4-2-6-13-10/h1,3,5,8,10H,2,4,6-7H2/t10-/m1/s1. The molecule has 0 N–H and O–H groups in total. The van der Waals surface area contributed by atoms with Crippen molar-refractivity contribution in [3.63, 3.8) is 0 Å². The fourth-order valence-electron chi connectivity index (χ4n) is 1.71. The Hall–Kier alpha value is -1.09. The number of aldehydes is 1. The minimum absolute atomic E-state index is 0.297. The molecule has 0 radical (unpaired) electrons. The zero-order valence-corrected chi connectivity index (χ0v) is 7.48. The van der Waals surface area contributed by atoms with Gasteiger partial charge in [0.25, 0.3) is 0 Å². The summed E-state index contributed by atoms with van der Waals surface area (Å²) in [5.41, 5.74) is 0.732. The molecule has 0 saturated carbocycles. The number of aromatic nitrogens is 1. The number of ether oxygens (including phenoxy) is 1. The van der Waals surface area contributed by atoms with E-state index in [9.17, 15) is 4.79 Å². The third-order valence-electron chi connectivity index (χ3n) is 2.41. The van der Waals surface area contributed by atoms with Gasteiger partial charge >= 0.3 is 0 Å². The fraction of sp³-hybridized carbons (Fsp3) is 0.500. The zero-order valence-electron chi connectivity index (χ0n) is 7.48. The second kappa shape index (κ2) is 3.75. The summed E-state index contributed by atoms with van der Waals surface area (Å²) in [7, 11) is 0. The summed E-state index contributed by atoms with van der Waals surface area (Å²) in [4.78, 5) is 10.6. The second-order valence-electron chi connectivity index (χ2n) is 3.34.